The van der Waals surface area contributed by atoms with E-state index in [2.05, 4.69) is 10.3 Å². The Bertz CT molecular complexity index is 1160. The van der Waals surface area contributed by atoms with E-state index in [1.807, 2.05) is 25.1 Å². The lowest BCUT2D eigenvalue weighted by molar-refractivity contribution is -0.152. The first-order valence-electron chi connectivity index (χ1n) is 9.81. The summed E-state index contributed by atoms with van der Waals surface area (Å²) in [5.41, 5.74) is -0.345. The molecule has 1 aromatic carbocycles. The van der Waals surface area contributed by atoms with Gasteiger partial charge in [-0.2, -0.15) is 0 Å². The maximum absolute atomic E-state index is 13.5. The van der Waals surface area contributed by atoms with Crippen molar-refractivity contribution in [3.05, 3.63) is 57.0 Å². The number of carbonyl (C=O) groups excluding carboxylic acids is 2. The van der Waals surface area contributed by atoms with Gasteiger partial charge in [-0.15, -0.1) is 11.3 Å². The number of nitrogens with zero attached hydrogens (tertiary/aromatic N) is 2. The fourth-order valence-corrected chi connectivity index (χ4v) is 4.45. The van der Waals surface area contributed by atoms with Crippen molar-refractivity contribution in [1.82, 2.24) is 9.55 Å². The Kier molecular flexibility index (Phi) is 6.07. The van der Waals surface area contributed by atoms with Crippen LogP contribution in [0.4, 0.5) is 5.69 Å². The van der Waals surface area contributed by atoms with Crippen LogP contribution in [0.5, 0.6) is 0 Å². The molecule has 0 spiro atoms. The van der Waals surface area contributed by atoms with E-state index >= 15 is 0 Å². The normalized spacial score (nSPS) is 11.5. The van der Waals surface area contributed by atoms with Crippen molar-refractivity contribution >= 4 is 39.1 Å². The van der Waals surface area contributed by atoms with Gasteiger partial charge in [-0.25, -0.2) is 9.78 Å². The molecule has 8 heteroatoms. The molecule has 2 heterocycles. The van der Waals surface area contributed by atoms with Crippen LogP contribution in [0, 0.1) is 6.92 Å². The fourth-order valence-electron chi connectivity index (χ4n) is 3.36. The number of ether oxygens (including phenoxy) is 1. The third-order valence-electron chi connectivity index (χ3n) is 4.92. The highest BCUT2D eigenvalue weighted by molar-refractivity contribution is 7.20. The van der Waals surface area contributed by atoms with Crippen LogP contribution in [0.1, 0.15) is 48.8 Å². The van der Waals surface area contributed by atoms with Gasteiger partial charge in [-0.05, 0) is 45.4 Å². The molecule has 158 valence electrons. The summed E-state index contributed by atoms with van der Waals surface area (Å²) < 4.78 is 6.57. The Morgan fingerprint density at radius 1 is 1.20 bits per heavy atom. The Morgan fingerprint density at radius 3 is 2.47 bits per heavy atom. The van der Waals surface area contributed by atoms with Gasteiger partial charge in [0, 0.05) is 12.1 Å². The van der Waals surface area contributed by atoms with Gasteiger partial charge in [-0.3, -0.25) is 14.2 Å². The molecular formula is C22H25N3O4S. The number of amides is 1. The maximum atomic E-state index is 13.5. The van der Waals surface area contributed by atoms with Gasteiger partial charge in [0.15, 0.2) is 0 Å². The summed E-state index contributed by atoms with van der Waals surface area (Å²) in [5.74, 6) is -0.324. The Balaban J connectivity index is 2.15. The third-order valence-corrected chi connectivity index (χ3v) is 6.11. The SMILES string of the molecule is CCOC(=O)C(C)(C)n1c(CC)nc2sc(C(=O)Nc3ccccc3)c(C)c2c1=O. The average molecular weight is 428 g/mol. The van der Waals surface area contributed by atoms with Crippen LogP contribution in [0.15, 0.2) is 35.1 Å². The molecule has 0 atom stereocenters. The molecule has 0 bridgehead atoms. The van der Waals surface area contributed by atoms with E-state index in [0.29, 0.717) is 38.6 Å². The number of anilines is 1. The monoisotopic (exact) mass is 427 g/mol. The van der Waals surface area contributed by atoms with Crippen LogP contribution < -0.4 is 10.9 Å². The number of esters is 1. The second kappa shape index (κ2) is 8.39. The van der Waals surface area contributed by atoms with E-state index in [4.69, 9.17) is 4.74 Å². The molecule has 0 saturated heterocycles. The zero-order valence-electron chi connectivity index (χ0n) is 17.7. The second-order valence-corrected chi connectivity index (χ2v) is 8.36. The first-order valence-corrected chi connectivity index (χ1v) is 10.6. The van der Waals surface area contributed by atoms with E-state index in [9.17, 15) is 14.4 Å². The van der Waals surface area contributed by atoms with Crippen LogP contribution in [0.25, 0.3) is 10.2 Å². The van der Waals surface area contributed by atoms with E-state index in [1.165, 1.54) is 15.9 Å². The number of benzene rings is 1. The minimum atomic E-state index is -1.22. The summed E-state index contributed by atoms with van der Waals surface area (Å²) in [6, 6.07) is 9.12. The smallest absolute Gasteiger partial charge is 0.331 e. The lowest BCUT2D eigenvalue weighted by atomic mass is 10.0. The van der Waals surface area contributed by atoms with Crippen molar-refractivity contribution in [3.63, 3.8) is 0 Å². The molecule has 1 N–H and O–H groups in total. The van der Waals surface area contributed by atoms with Crippen LogP contribution in [-0.4, -0.2) is 28.0 Å². The number of aromatic nitrogens is 2. The third kappa shape index (κ3) is 3.75. The Labute approximate surface area is 178 Å². The highest BCUT2D eigenvalue weighted by atomic mass is 32.1. The zero-order chi connectivity index (χ0) is 22.1. The summed E-state index contributed by atoms with van der Waals surface area (Å²) >= 11 is 1.18. The molecule has 3 aromatic rings. The van der Waals surface area contributed by atoms with Gasteiger partial charge in [0.2, 0.25) is 0 Å². The van der Waals surface area contributed by atoms with Gasteiger partial charge in [-0.1, -0.05) is 25.1 Å². The first-order chi connectivity index (χ1) is 14.2. The predicted molar refractivity (Wildman–Crippen MR) is 118 cm³/mol. The molecule has 0 radical (unpaired) electrons. The number of carbonyl (C=O) groups is 2. The van der Waals surface area contributed by atoms with Gasteiger partial charge >= 0.3 is 5.97 Å². The lowest BCUT2D eigenvalue weighted by Gasteiger charge is -2.27. The van der Waals surface area contributed by atoms with Gasteiger partial charge < -0.3 is 10.1 Å². The quantitative estimate of drug-likeness (QED) is 0.603. The molecule has 0 aliphatic carbocycles. The molecule has 0 aliphatic rings. The zero-order valence-corrected chi connectivity index (χ0v) is 18.6. The van der Waals surface area contributed by atoms with E-state index < -0.39 is 11.5 Å². The summed E-state index contributed by atoms with van der Waals surface area (Å²) in [7, 11) is 0. The summed E-state index contributed by atoms with van der Waals surface area (Å²) in [5, 5.41) is 3.20. The van der Waals surface area contributed by atoms with Crippen LogP contribution in [-0.2, 0) is 21.5 Å². The number of thiophene rings is 1. The highest BCUT2D eigenvalue weighted by Crippen LogP contribution is 2.30. The fraction of sp³-hybridized carbons (Fsp3) is 0.364. The molecule has 0 unspecified atom stereocenters. The van der Waals surface area contributed by atoms with E-state index in [-0.39, 0.29) is 18.1 Å². The number of para-hydroxylation sites is 1. The van der Waals surface area contributed by atoms with Crippen molar-refractivity contribution in [2.45, 2.75) is 46.6 Å². The Morgan fingerprint density at radius 2 is 1.87 bits per heavy atom. The van der Waals surface area contributed by atoms with Crippen molar-refractivity contribution in [2.75, 3.05) is 11.9 Å². The van der Waals surface area contributed by atoms with E-state index in [0.717, 1.165) is 0 Å². The molecule has 0 saturated carbocycles. The number of hydrogen-bond acceptors (Lipinski definition) is 6. The van der Waals surface area contributed by atoms with Crippen molar-refractivity contribution in [1.29, 1.82) is 0 Å². The minimum Gasteiger partial charge on any atom is -0.464 e. The van der Waals surface area contributed by atoms with Crippen molar-refractivity contribution in [2.24, 2.45) is 0 Å². The molecule has 30 heavy (non-hydrogen) atoms. The minimum absolute atomic E-state index is 0.218. The second-order valence-electron chi connectivity index (χ2n) is 7.36. The molecular weight excluding hydrogens is 402 g/mol. The van der Waals surface area contributed by atoms with Crippen molar-refractivity contribution in [3.8, 4) is 0 Å². The summed E-state index contributed by atoms with van der Waals surface area (Å²) in [6.45, 7) is 8.83. The molecule has 0 fully saturated rings. The van der Waals surface area contributed by atoms with Crippen molar-refractivity contribution < 1.29 is 14.3 Å². The predicted octanol–water partition coefficient (Wildman–Crippen LogP) is 3.88. The largest absolute Gasteiger partial charge is 0.464 e. The molecule has 0 aliphatic heterocycles. The topological polar surface area (TPSA) is 90.3 Å². The number of hydrogen-bond donors (Lipinski definition) is 1. The maximum Gasteiger partial charge on any atom is 0.331 e. The number of rotatable bonds is 6. The number of nitrogens with one attached hydrogen (secondary N) is 1. The molecule has 7 nitrogen and oxygen atoms in total. The average Bonchev–Trinajstić information content (AvgIpc) is 3.05. The highest BCUT2D eigenvalue weighted by Gasteiger charge is 2.36. The first kappa shape index (κ1) is 21.7. The molecule has 1 amide bonds. The summed E-state index contributed by atoms with van der Waals surface area (Å²) in [6.07, 6.45) is 0.455. The molecule has 2 aromatic heterocycles. The van der Waals surface area contributed by atoms with Crippen LogP contribution in [0.3, 0.4) is 0 Å². The van der Waals surface area contributed by atoms with Crippen LogP contribution >= 0.6 is 11.3 Å². The number of aryl methyl sites for hydroxylation is 2. The van der Waals surface area contributed by atoms with Gasteiger partial charge in [0.1, 0.15) is 16.2 Å². The Hall–Kier alpha value is -3.00. The van der Waals surface area contributed by atoms with Gasteiger partial charge in [0.05, 0.1) is 16.9 Å². The van der Waals surface area contributed by atoms with Crippen LogP contribution in [0.2, 0.25) is 0 Å². The standard InChI is InChI=1S/C22H25N3O4S/c1-6-15-24-19-16(20(27)25(15)22(4,5)21(28)29-7-2)13(3)17(30-19)18(26)23-14-11-9-8-10-12-14/h8-12H,6-7H2,1-5H3,(H,23,26). The molecule has 3 rings (SSSR count). The lowest BCUT2D eigenvalue weighted by Crippen LogP contribution is -2.45. The van der Waals surface area contributed by atoms with Gasteiger partial charge in [0.25, 0.3) is 11.5 Å². The number of fused-ring (bicyclic) bond motifs is 1. The van der Waals surface area contributed by atoms with E-state index in [1.54, 1.807) is 39.8 Å². The summed E-state index contributed by atoms with van der Waals surface area (Å²) in [4.78, 5) is 44.4.